The normalized spacial score (nSPS) is 23.3. The summed E-state index contributed by atoms with van der Waals surface area (Å²) in [5, 5.41) is 9.04. The lowest BCUT2D eigenvalue weighted by atomic mass is 9.76. The largest absolute Gasteiger partial charge is 0.192 e. The van der Waals surface area contributed by atoms with Crippen molar-refractivity contribution in [3.63, 3.8) is 0 Å². The third kappa shape index (κ3) is 7.63. The SMILES string of the molecule is CCCCC[C@H]1CC[C@H](c2ccc(-c3ccc(CC[C@H]4CC[C@H](c5ccc(C#N)cc5)CC4)cc3)cc2)CC1. The number of benzene rings is 3. The summed E-state index contributed by atoms with van der Waals surface area (Å²) in [6, 6.07) is 29.4. The van der Waals surface area contributed by atoms with Gasteiger partial charge in [0, 0.05) is 0 Å². The highest BCUT2D eigenvalue weighted by Crippen LogP contribution is 2.39. The third-order valence-corrected chi connectivity index (χ3v) is 9.93. The molecule has 0 atom stereocenters. The van der Waals surface area contributed by atoms with Gasteiger partial charge < -0.3 is 0 Å². The zero-order valence-corrected chi connectivity index (χ0v) is 24.1. The molecule has 3 aromatic carbocycles. The molecule has 0 spiro atoms. The van der Waals surface area contributed by atoms with Gasteiger partial charge in [-0.2, -0.15) is 5.26 Å². The maximum absolute atomic E-state index is 9.04. The Bertz CT molecular complexity index is 1170. The summed E-state index contributed by atoms with van der Waals surface area (Å²) < 4.78 is 0. The van der Waals surface area contributed by atoms with E-state index < -0.39 is 0 Å². The Morgan fingerprint density at radius 1 is 0.590 bits per heavy atom. The van der Waals surface area contributed by atoms with E-state index in [1.54, 1.807) is 5.56 Å². The highest BCUT2D eigenvalue weighted by molar-refractivity contribution is 5.64. The van der Waals surface area contributed by atoms with Crippen LogP contribution in [-0.2, 0) is 6.42 Å². The lowest BCUT2D eigenvalue weighted by molar-refractivity contribution is 0.303. The highest BCUT2D eigenvalue weighted by Gasteiger charge is 2.23. The van der Waals surface area contributed by atoms with Crippen molar-refractivity contribution in [2.24, 2.45) is 11.8 Å². The van der Waals surface area contributed by atoms with Crippen molar-refractivity contribution in [1.82, 2.24) is 0 Å². The van der Waals surface area contributed by atoms with Gasteiger partial charge >= 0.3 is 0 Å². The molecule has 0 amide bonds. The second-order valence-electron chi connectivity index (χ2n) is 12.5. The summed E-state index contributed by atoms with van der Waals surface area (Å²) in [5.74, 6) is 3.26. The van der Waals surface area contributed by atoms with E-state index in [4.69, 9.17) is 5.26 Å². The van der Waals surface area contributed by atoms with Crippen LogP contribution in [0.15, 0.2) is 72.8 Å². The molecule has 0 aromatic heterocycles. The Morgan fingerprint density at radius 3 is 1.59 bits per heavy atom. The van der Waals surface area contributed by atoms with Crippen LogP contribution in [0, 0.1) is 23.2 Å². The highest BCUT2D eigenvalue weighted by atomic mass is 14.3. The average molecular weight is 518 g/mol. The molecule has 5 rings (SSSR count). The fourth-order valence-corrected chi connectivity index (χ4v) is 7.26. The molecule has 0 aliphatic heterocycles. The van der Waals surface area contributed by atoms with Crippen LogP contribution in [0.5, 0.6) is 0 Å². The first kappa shape index (κ1) is 27.7. The van der Waals surface area contributed by atoms with Gasteiger partial charge in [-0.05, 0) is 128 Å². The van der Waals surface area contributed by atoms with Crippen molar-refractivity contribution >= 4 is 0 Å². The summed E-state index contributed by atoms with van der Waals surface area (Å²) in [4.78, 5) is 0. The van der Waals surface area contributed by atoms with E-state index in [1.165, 1.54) is 112 Å². The molecular weight excluding hydrogens is 470 g/mol. The summed E-state index contributed by atoms with van der Waals surface area (Å²) in [5.41, 5.74) is 7.89. The molecule has 1 heteroatoms. The van der Waals surface area contributed by atoms with Crippen LogP contribution in [-0.4, -0.2) is 0 Å². The van der Waals surface area contributed by atoms with Gasteiger partial charge in [0.25, 0.3) is 0 Å². The van der Waals surface area contributed by atoms with E-state index in [2.05, 4.69) is 73.7 Å². The van der Waals surface area contributed by atoms with Gasteiger partial charge in [-0.3, -0.25) is 0 Å². The third-order valence-electron chi connectivity index (χ3n) is 9.93. The predicted molar refractivity (Wildman–Crippen MR) is 165 cm³/mol. The minimum atomic E-state index is 0.672. The van der Waals surface area contributed by atoms with E-state index in [0.717, 1.165) is 23.3 Å². The van der Waals surface area contributed by atoms with Gasteiger partial charge in [0.05, 0.1) is 11.6 Å². The Labute approximate surface area is 237 Å². The first-order chi connectivity index (χ1) is 19.2. The molecule has 0 bridgehead atoms. The van der Waals surface area contributed by atoms with Gasteiger partial charge in [0.2, 0.25) is 0 Å². The van der Waals surface area contributed by atoms with Crippen molar-refractivity contribution in [3.05, 3.63) is 95.1 Å². The molecule has 1 nitrogen and oxygen atoms in total. The van der Waals surface area contributed by atoms with E-state index in [1.807, 2.05) is 12.1 Å². The topological polar surface area (TPSA) is 23.8 Å². The fraction of sp³-hybridized carbons (Fsp3) is 0.500. The van der Waals surface area contributed by atoms with Gasteiger partial charge in [-0.1, -0.05) is 93.3 Å². The molecule has 2 aliphatic carbocycles. The van der Waals surface area contributed by atoms with E-state index in [-0.39, 0.29) is 0 Å². The molecule has 2 aliphatic rings. The molecule has 0 radical (unpaired) electrons. The summed E-state index contributed by atoms with van der Waals surface area (Å²) in [7, 11) is 0. The number of nitriles is 1. The van der Waals surface area contributed by atoms with Gasteiger partial charge in [-0.25, -0.2) is 0 Å². The number of hydrogen-bond donors (Lipinski definition) is 0. The molecule has 0 unspecified atom stereocenters. The average Bonchev–Trinajstić information content (AvgIpc) is 3.01. The zero-order valence-electron chi connectivity index (χ0n) is 24.1. The quantitative estimate of drug-likeness (QED) is 0.245. The van der Waals surface area contributed by atoms with Crippen LogP contribution < -0.4 is 0 Å². The lowest BCUT2D eigenvalue weighted by Crippen LogP contribution is -2.14. The zero-order chi connectivity index (χ0) is 26.9. The molecule has 204 valence electrons. The summed E-state index contributed by atoms with van der Waals surface area (Å²) in [6.07, 6.45) is 19.0. The molecule has 0 saturated heterocycles. The van der Waals surface area contributed by atoms with Crippen LogP contribution in [0.25, 0.3) is 11.1 Å². The number of nitrogens with zero attached hydrogens (tertiary/aromatic N) is 1. The summed E-state index contributed by atoms with van der Waals surface area (Å²) >= 11 is 0. The van der Waals surface area contributed by atoms with Crippen LogP contribution in [0.1, 0.15) is 124 Å². The maximum atomic E-state index is 9.04. The molecule has 2 fully saturated rings. The van der Waals surface area contributed by atoms with E-state index in [9.17, 15) is 0 Å². The monoisotopic (exact) mass is 517 g/mol. The Kier molecular flexibility index (Phi) is 9.93. The van der Waals surface area contributed by atoms with Crippen LogP contribution in [0.4, 0.5) is 0 Å². The first-order valence-corrected chi connectivity index (χ1v) is 15.9. The minimum absolute atomic E-state index is 0.672. The van der Waals surface area contributed by atoms with Crippen molar-refractivity contribution in [1.29, 1.82) is 5.26 Å². The van der Waals surface area contributed by atoms with Gasteiger partial charge in [-0.15, -0.1) is 0 Å². The number of aryl methyl sites for hydroxylation is 1. The number of rotatable bonds is 10. The maximum Gasteiger partial charge on any atom is 0.0991 e. The van der Waals surface area contributed by atoms with Crippen molar-refractivity contribution < 1.29 is 0 Å². The van der Waals surface area contributed by atoms with Crippen LogP contribution in [0.2, 0.25) is 0 Å². The van der Waals surface area contributed by atoms with Crippen LogP contribution in [0.3, 0.4) is 0 Å². The van der Waals surface area contributed by atoms with Crippen molar-refractivity contribution in [2.45, 2.75) is 109 Å². The molecular formula is C38H47N. The molecule has 3 aromatic rings. The van der Waals surface area contributed by atoms with Crippen molar-refractivity contribution in [2.75, 3.05) is 0 Å². The first-order valence-electron chi connectivity index (χ1n) is 15.9. The number of hydrogen-bond acceptors (Lipinski definition) is 1. The molecule has 0 heterocycles. The number of unbranched alkanes of at least 4 members (excludes halogenated alkanes) is 2. The predicted octanol–water partition coefficient (Wildman–Crippen LogP) is 11.0. The second-order valence-corrected chi connectivity index (χ2v) is 12.5. The molecule has 0 N–H and O–H groups in total. The smallest absolute Gasteiger partial charge is 0.0991 e. The minimum Gasteiger partial charge on any atom is -0.192 e. The second kappa shape index (κ2) is 14.0. The fourth-order valence-electron chi connectivity index (χ4n) is 7.26. The van der Waals surface area contributed by atoms with E-state index >= 15 is 0 Å². The standard InChI is InChI=1S/C38H47N/c1-2-3-4-5-29-8-16-34(17-9-29)37-24-26-38(27-25-37)35-20-12-31(13-21-35)7-6-30-10-18-33(19-11-30)36-22-14-32(28-39)15-23-36/h12-15,20-27,29-30,33-34H,2-11,16-19H2,1H3/t29-,30-,33-,34-. The summed E-state index contributed by atoms with van der Waals surface area (Å²) in [6.45, 7) is 2.31. The Hall–Kier alpha value is -2.85. The van der Waals surface area contributed by atoms with Crippen molar-refractivity contribution in [3.8, 4) is 17.2 Å². The molecule has 2 saturated carbocycles. The van der Waals surface area contributed by atoms with Crippen LogP contribution >= 0.6 is 0 Å². The van der Waals surface area contributed by atoms with Gasteiger partial charge in [0.15, 0.2) is 0 Å². The van der Waals surface area contributed by atoms with Gasteiger partial charge in [0.1, 0.15) is 0 Å². The Morgan fingerprint density at radius 2 is 1.08 bits per heavy atom. The van der Waals surface area contributed by atoms with E-state index in [0.29, 0.717) is 5.92 Å². The Balaban J connectivity index is 1.06. The lowest BCUT2D eigenvalue weighted by Gasteiger charge is -2.29. The molecule has 39 heavy (non-hydrogen) atoms.